The van der Waals surface area contributed by atoms with E-state index in [4.69, 9.17) is 4.74 Å². The van der Waals surface area contributed by atoms with Gasteiger partial charge in [0.15, 0.2) is 0 Å². The molecular weight excluding hydrogens is 411 g/mol. The van der Waals surface area contributed by atoms with Crippen molar-refractivity contribution in [3.8, 4) is 17.6 Å². The number of carbonyl (C=O) groups excluding carboxylic acids is 1. The molecule has 7 heteroatoms. The van der Waals surface area contributed by atoms with Gasteiger partial charge in [0.1, 0.15) is 22.9 Å². The molecule has 0 spiro atoms. The molecule has 0 aromatic heterocycles. The smallest absolute Gasteiger partial charge is 0.241 e. The van der Waals surface area contributed by atoms with Crippen LogP contribution in [0.1, 0.15) is 16.7 Å². The molecule has 2 atom stereocenters. The quantitative estimate of drug-likeness (QED) is 0.377. The molecule has 0 fully saturated rings. The van der Waals surface area contributed by atoms with Gasteiger partial charge in [-0.25, -0.2) is 4.39 Å². The molecule has 0 saturated heterocycles. The van der Waals surface area contributed by atoms with Crippen molar-refractivity contribution >= 4 is 11.6 Å². The number of anilines is 1. The van der Waals surface area contributed by atoms with Gasteiger partial charge in [0.2, 0.25) is 12.5 Å². The first kappa shape index (κ1) is 21.1. The molecule has 4 rings (SSSR count). The standard InChI is InChI=1S/C25H19FN2O4/c1-32-21-12-9-18(10-13-21)25(22-15-20(26)11-14-23(22)27-24(25)29)19(16-28(30)31)8-7-17-5-3-2-4-6-17/h2-6,9-15,19H,16H2,1H3,(H,27,29)/t19-,25-/m0/s1. The molecule has 1 aliphatic rings. The normalized spacial score (nSPS) is 17.5. The Morgan fingerprint density at radius 1 is 1.12 bits per heavy atom. The second kappa shape index (κ2) is 8.52. The van der Waals surface area contributed by atoms with E-state index >= 15 is 0 Å². The molecule has 0 unspecified atom stereocenters. The average molecular weight is 430 g/mol. The number of ether oxygens (including phenoxy) is 1. The maximum Gasteiger partial charge on any atom is 0.241 e. The minimum atomic E-state index is -1.57. The Labute approximate surface area is 184 Å². The van der Waals surface area contributed by atoms with E-state index in [1.165, 1.54) is 25.3 Å². The first-order valence-corrected chi connectivity index (χ1v) is 9.89. The maximum atomic E-state index is 14.3. The molecule has 1 amide bonds. The number of hydrogen-bond acceptors (Lipinski definition) is 4. The Morgan fingerprint density at radius 2 is 1.84 bits per heavy atom. The summed E-state index contributed by atoms with van der Waals surface area (Å²) >= 11 is 0. The van der Waals surface area contributed by atoms with Crippen LogP contribution in [0.2, 0.25) is 0 Å². The monoisotopic (exact) mass is 430 g/mol. The Kier molecular flexibility index (Phi) is 5.61. The molecule has 1 N–H and O–H groups in total. The van der Waals surface area contributed by atoms with Gasteiger partial charge in [-0.15, -0.1) is 0 Å². The number of benzene rings is 3. The van der Waals surface area contributed by atoms with Crippen LogP contribution >= 0.6 is 0 Å². The van der Waals surface area contributed by atoms with Crippen molar-refractivity contribution in [1.82, 2.24) is 0 Å². The van der Waals surface area contributed by atoms with Gasteiger partial charge in [-0.05, 0) is 48.0 Å². The summed E-state index contributed by atoms with van der Waals surface area (Å²) in [6.45, 7) is -0.602. The predicted molar refractivity (Wildman–Crippen MR) is 117 cm³/mol. The van der Waals surface area contributed by atoms with Crippen LogP contribution in [0.15, 0.2) is 72.8 Å². The fourth-order valence-corrected chi connectivity index (χ4v) is 4.11. The second-order valence-corrected chi connectivity index (χ2v) is 7.38. The number of nitrogens with zero attached hydrogens (tertiary/aromatic N) is 1. The third-order valence-electron chi connectivity index (χ3n) is 5.58. The Bertz CT molecular complexity index is 1230. The zero-order valence-corrected chi connectivity index (χ0v) is 17.2. The lowest BCUT2D eigenvalue weighted by molar-refractivity contribution is -0.486. The molecule has 1 aliphatic heterocycles. The summed E-state index contributed by atoms with van der Waals surface area (Å²) < 4.78 is 19.5. The first-order chi connectivity index (χ1) is 15.4. The second-order valence-electron chi connectivity index (χ2n) is 7.38. The van der Waals surface area contributed by atoms with E-state index in [1.807, 2.05) is 6.07 Å². The summed E-state index contributed by atoms with van der Waals surface area (Å²) in [6, 6.07) is 19.6. The number of nitro groups is 1. The molecule has 0 radical (unpaired) electrons. The van der Waals surface area contributed by atoms with Crippen molar-refractivity contribution in [3.05, 3.63) is 105 Å². The molecular formula is C25H19FN2O4. The van der Waals surface area contributed by atoms with Crippen molar-refractivity contribution in [3.63, 3.8) is 0 Å². The molecule has 3 aromatic carbocycles. The van der Waals surface area contributed by atoms with E-state index in [1.54, 1.807) is 48.5 Å². The summed E-state index contributed by atoms with van der Waals surface area (Å²) in [5.74, 6) is 4.38. The number of methoxy groups -OCH3 is 1. The SMILES string of the molecule is COc1ccc([C@@]2([C@@H](C#Cc3ccccc3)C[N+](=O)[O-])C(=O)Nc3ccc(F)cc32)cc1. The van der Waals surface area contributed by atoms with Gasteiger partial charge in [0, 0.05) is 21.7 Å². The van der Waals surface area contributed by atoms with Crippen LogP contribution in [-0.4, -0.2) is 24.5 Å². The van der Waals surface area contributed by atoms with Crippen LogP contribution < -0.4 is 10.1 Å². The molecule has 0 bridgehead atoms. The summed E-state index contributed by atoms with van der Waals surface area (Å²) in [7, 11) is 1.51. The van der Waals surface area contributed by atoms with Gasteiger partial charge >= 0.3 is 0 Å². The van der Waals surface area contributed by atoms with Crippen LogP contribution in [0.3, 0.4) is 0 Å². The number of carbonyl (C=O) groups is 1. The van der Waals surface area contributed by atoms with E-state index in [0.29, 0.717) is 28.1 Å². The summed E-state index contributed by atoms with van der Waals surface area (Å²) in [5.41, 5.74) is 0.278. The molecule has 1 heterocycles. The fourth-order valence-electron chi connectivity index (χ4n) is 4.11. The lowest BCUT2D eigenvalue weighted by Crippen LogP contribution is -2.45. The summed E-state index contributed by atoms with van der Waals surface area (Å²) in [5, 5.41) is 14.4. The largest absolute Gasteiger partial charge is 0.497 e. The third kappa shape index (κ3) is 3.67. The van der Waals surface area contributed by atoms with E-state index in [9.17, 15) is 19.3 Å². The van der Waals surface area contributed by atoms with Crippen molar-refractivity contribution in [2.75, 3.05) is 19.0 Å². The van der Waals surface area contributed by atoms with Gasteiger partial charge in [-0.2, -0.15) is 0 Å². The highest BCUT2D eigenvalue weighted by molar-refractivity contribution is 6.09. The molecule has 0 aliphatic carbocycles. The van der Waals surface area contributed by atoms with Gasteiger partial charge in [0.05, 0.1) is 7.11 Å². The zero-order chi connectivity index (χ0) is 22.7. The van der Waals surface area contributed by atoms with Crippen LogP contribution in [0.5, 0.6) is 5.75 Å². The minimum absolute atomic E-state index is 0.321. The van der Waals surface area contributed by atoms with Crippen LogP contribution in [-0.2, 0) is 10.2 Å². The molecule has 3 aromatic rings. The lowest BCUT2D eigenvalue weighted by Gasteiger charge is -2.31. The van der Waals surface area contributed by atoms with Gasteiger partial charge in [-0.1, -0.05) is 42.2 Å². The van der Waals surface area contributed by atoms with E-state index in [2.05, 4.69) is 17.2 Å². The fraction of sp³-hybridized carbons (Fsp3) is 0.160. The van der Waals surface area contributed by atoms with E-state index < -0.39 is 34.5 Å². The number of hydrogen-bond donors (Lipinski definition) is 1. The number of halogens is 1. The topological polar surface area (TPSA) is 81.5 Å². The Morgan fingerprint density at radius 3 is 2.50 bits per heavy atom. The highest BCUT2D eigenvalue weighted by atomic mass is 19.1. The number of nitrogens with one attached hydrogen (secondary N) is 1. The average Bonchev–Trinajstić information content (AvgIpc) is 3.09. The van der Waals surface area contributed by atoms with Gasteiger partial charge < -0.3 is 10.1 Å². The van der Waals surface area contributed by atoms with Crippen LogP contribution in [0.4, 0.5) is 10.1 Å². The molecule has 160 valence electrons. The lowest BCUT2D eigenvalue weighted by atomic mass is 9.66. The van der Waals surface area contributed by atoms with Gasteiger partial charge in [-0.3, -0.25) is 14.9 Å². The van der Waals surface area contributed by atoms with Crippen LogP contribution in [0.25, 0.3) is 0 Å². The van der Waals surface area contributed by atoms with Crippen LogP contribution in [0, 0.1) is 33.7 Å². The predicted octanol–water partition coefficient (Wildman–Crippen LogP) is 4.02. The van der Waals surface area contributed by atoms with Crippen molar-refractivity contribution < 1.29 is 18.8 Å². The minimum Gasteiger partial charge on any atom is -0.497 e. The molecule has 32 heavy (non-hydrogen) atoms. The number of fused-ring (bicyclic) bond motifs is 1. The van der Waals surface area contributed by atoms with E-state index in [0.717, 1.165) is 0 Å². The Hall–Kier alpha value is -4.18. The van der Waals surface area contributed by atoms with Gasteiger partial charge in [0.25, 0.3) is 0 Å². The summed E-state index contributed by atoms with van der Waals surface area (Å²) in [4.78, 5) is 24.6. The Balaban J connectivity index is 1.97. The molecule has 6 nitrogen and oxygen atoms in total. The van der Waals surface area contributed by atoms with Crippen molar-refractivity contribution in [1.29, 1.82) is 0 Å². The third-order valence-corrected chi connectivity index (χ3v) is 5.58. The molecule has 0 saturated carbocycles. The number of rotatable bonds is 5. The highest BCUT2D eigenvalue weighted by Gasteiger charge is 2.55. The first-order valence-electron chi connectivity index (χ1n) is 9.89. The van der Waals surface area contributed by atoms with E-state index in [-0.39, 0.29) is 0 Å². The maximum absolute atomic E-state index is 14.3. The highest BCUT2D eigenvalue weighted by Crippen LogP contribution is 2.48. The zero-order valence-electron chi connectivity index (χ0n) is 17.2. The number of amides is 1. The van der Waals surface area contributed by atoms with Crippen molar-refractivity contribution in [2.45, 2.75) is 5.41 Å². The van der Waals surface area contributed by atoms with Crippen molar-refractivity contribution in [2.24, 2.45) is 5.92 Å². The summed E-state index contributed by atoms with van der Waals surface area (Å²) in [6.07, 6.45) is 0.